The van der Waals surface area contributed by atoms with Gasteiger partial charge in [-0.3, -0.25) is 9.59 Å². The van der Waals surface area contributed by atoms with Crippen LogP contribution in [-0.2, 0) is 11.2 Å². The van der Waals surface area contributed by atoms with Crippen LogP contribution in [0.15, 0.2) is 18.2 Å². The minimum atomic E-state index is -0.101. The normalized spacial score (nSPS) is 18.8. The molecule has 1 aliphatic rings. The van der Waals surface area contributed by atoms with Crippen LogP contribution in [0.5, 0.6) is 0 Å². The van der Waals surface area contributed by atoms with Crippen molar-refractivity contribution in [3.05, 3.63) is 29.3 Å². The van der Waals surface area contributed by atoms with Crippen LogP contribution in [0.2, 0.25) is 0 Å². The summed E-state index contributed by atoms with van der Waals surface area (Å²) in [6.07, 6.45) is 0.727. The van der Waals surface area contributed by atoms with Crippen molar-refractivity contribution >= 4 is 17.4 Å². The van der Waals surface area contributed by atoms with Crippen LogP contribution in [0.3, 0.4) is 0 Å². The Hall–Kier alpha value is -1.64. The lowest BCUT2D eigenvalue weighted by Gasteiger charge is -2.07. The summed E-state index contributed by atoms with van der Waals surface area (Å²) in [4.78, 5) is 22.7. The van der Waals surface area contributed by atoms with Gasteiger partial charge in [0.1, 0.15) is 0 Å². The van der Waals surface area contributed by atoms with Crippen molar-refractivity contribution in [2.45, 2.75) is 20.3 Å². The highest BCUT2D eigenvalue weighted by Crippen LogP contribution is 2.31. The van der Waals surface area contributed by atoms with Crippen molar-refractivity contribution in [3.63, 3.8) is 0 Å². The average Bonchev–Trinajstić information content (AvgIpc) is 2.45. The summed E-state index contributed by atoms with van der Waals surface area (Å²) >= 11 is 0. The predicted molar refractivity (Wildman–Crippen MR) is 57.9 cm³/mol. The minimum Gasteiger partial charge on any atom is -0.326 e. The molecular formula is C12H13NO2. The number of fused-ring (bicyclic) bond motifs is 1. The summed E-state index contributed by atoms with van der Waals surface area (Å²) in [5.74, 6) is 0.113. The van der Waals surface area contributed by atoms with E-state index in [-0.39, 0.29) is 17.6 Å². The maximum Gasteiger partial charge on any atom is 0.221 e. The summed E-state index contributed by atoms with van der Waals surface area (Å²) in [6.45, 7) is 3.39. The van der Waals surface area contributed by atoms with Gasteiger partial charge in [-0.25, -0.2) is 0 Å². The van der Waals surface area contributed by atoms with Gasteiger partial charge in [0.25, 0.3) is 0 Å². The number of ketones is 1. The lowest BCUT2D eigenvalue weighted by atomic mass is 10.1. The average molecular weight is 203 g/mol. The number of carbonyl (C=O) groups excluding carboxylic acids is 2. The van der Waals surface area contributed by atoms with Crippen LogP contribution in [0.1, 0.15) is 29.8 Å². The number of Topliss-reactive ketones (excluding diaryl/α,β-unsaturated/α-hetero) is 1. The lowest BCUT2D eigenvalue weighted by molar-refractivity contribution is -0.114. The molecule has 0 heterocycles. The highest BCUT2D eigenvalue weighted by atomic mass is 16.1. The molecule has 0 fully saturated rings. The fourth-order valence-electron chi connectivity index (χ4n) is 2.01. The molecule has 1 aliphatic carbocycles. The van der Waals surface area contributed by atoms with E-state index in [4.69, 9.17) is 0 Å². The summed E-state index contributed by atoms with van der Waals surface area (Å²) in [5.41, 5.74) is 2.51. The Morgan fingerprint density at radius 2 is 2.20 bits per heavy atom. The Balaban J connectivity index is 2.45. The fourth-order valence-corrected chi connectivity index (χ4v) is 2.01. The lowest BCUT2D eigenvalue weighted by Crippen LogP contribution is -2.08. The minimum absolute atomic E-state index is 0.0370. The molecule has 0 spiro atoms. The maximum absolute atomic E-state index is 11.7. The van der Waals surface area contributed by atoms with Gasteiger partial charge in [0, 0.05) is 24.1 Å². The molecule has 0 saturated carbocycles. The van der Waals surface area contributed by atoms with Gasteiger partial charge < -0.3 is 5.32 Å². The highest BCUT2D eigenvalue weighted by molar-refractivity contribution is 6.04. The predicted octanol–water partition coefficient (Wildman–Crippen LogP) is 2.02. The number of rotatable bonds is 1. The first kappa shape index (κ1) is 9.90. The van der Waals surface area contributed by atoms with E-state index in [1.807, 2.05) is 19.1 Å². The van der Waals surface area contributed by atoms with Gasteiger partial charge in [-0.2, -0.15) is 0 Å². The van der Waals surface area contributed by atoms with Crippen LogP contribution in [0, 0.1) is 5.92 Å². The zero-order valence-electron chi connectivity index (χ0n) is 8.83. The number of anilines is 1. The molecule has 1 aromatic carbocycles. The Labute approximate surface area is 88.5 Å². The van der Waals surface area contributed by atoms with E-state index in [1.165, 1.54) is 6.92 Å². The highest BCUT2D eigenvalue weighted by Gasteiger charge is 2.28. The summed E-state index contributed by atoms with van der Waals surface area (Å²) < 4.78 is 0. The zero-order valence-corrected chi connectivity index (χ0v) is 8.83. The Kier molecular flexibility index (Phi) is 2.31. The smallest absolute Gasteiger partial charge is 0.221 e. The molecule has 0 radical (unpaired) electrons. The molecule has 1 amide bonds. The van der Waals surface area contributed by atoms with Gasteiger partial charge in [-0.05, 0) is 18.1 Å². The summed E-state index contributed by atoms with van der Waals surface area (Å²) in [5, 5.41) is 2.76. The van der Waals surface area contributed by atoms with Crippen LogP contribution in [0.25, 0.3) is 0 Å². The molecule has 1 aromatic rings. The Morgan fingerprint density at radius 1 is 1.47 bits per heavy atom. The summed E-state index contributed by atoms with van der Waals surface area (Å²) in [7, 11) is 0. The molecule has 15 heavy (non-hydrogen) atoms. The van der Waals surface area contributed by atoms with Crippen molar-refractivity contribution in [2.24, 2.45) is 5.92 Å². The second kappa shape index (κ2) is 3.50. The fraction of sp³-hybridized carbons (Fsp3) is 0.333. The number of carbonyl (C=O) groups is 2. The molecule has 0 saturated heterocycles. The Morgan fingerprint density at radius 3 is 2.87 bits per heavy atom. The van der Waals surface area contributed by atoms with Crippen LogP contribution in [0.4, 0.5) is 5.69 Å². The van der Waals surface area contributed by atoms with Crippen LogP contribution >= 0.6 is 0 Å². The molecule has 1 N–H and O–H groups in total. The first-order valence-corrected chi connectivity index (χ1v) is 5.03. The van der Waals surface area contributed by atoms with Crippen LogP contribution < -0.4 is 5.32 Å². The van der Waals surface area contributed by atoms with E-state index < -0.39 is 0 Å². The molecule has 0 aromatic heterocycles. The standard InChI is InChI=1S/C12H13NO2/c1-7-6-10-9(12(7)15)4-3-5-11(10)13-8(2)14/h3-5,7H,6H2,1-2H3,(H,13,14). The van der Waals surface area contributed by atoms with E-state index in [0.29, 0.717) is 0 Å². The van der Waals surface area contributed by atoms with Crippen molar-refractivity contribution in [2.75, 3.05) is 5.32 Å². The number of hydrogen-bond acceptors (Lipinski definition) is 2. The SMILES string of the molecule is CC(=O)Nc1cccc2c1CC(C)C2=O. The molecule has 78 valence electrons. The van der Waals surface area contributed by atoms with Gasteiger partial charge in [0.05, 0.1) is 0 Å². The quantitative estimate of drug-likeness (QED) is 0.759. The third-order valence-electron chi connectivity index (χ3n) is 2.71. The third-order valence-corrected chi connectivity index (χ3v) is 2.71. The van der Waals surface area contributed by atoms with Crippen LogP contribution in [-0.4, -0.2) is 11.7 Å². The second-order valence-corrected chi connectivity index (χ2v) is 3.98. The molecular weight excluding hydrogens is 190 g/mol. The van der Waals surface area contributed by atoms with Crippen molar-refractivity contribution in [1.29, 1.82) is 0 Å². The largest absolute Gasteiger partial charge is 0.326 e. The van der Waals surface area contributed by atoms with E-state index in [1.54, 1.807) is 6.07 Å². The molecule has 3 nitrogen and oxygen atoms in total. The molecule has 0 bridgehead atoms. The van der Waals surface area contributed by atoms with E-state index in [9.17, 15) is 9.59 Å². The number of nitrogens with one attached hydrogen (secondary N) is 1. The van der Waals surface area contributed by atoms with Gasteiger partial charge in [-0.1, -0.05) is 19.1 Å². The monoisotopic (exact) mass is 203 g/mol. The van der Waals surface area contributed by atoms with Crippen molar-refractivity contribution in [1.82, 2.24) is 0 Å². The molecule has 0 aliphatic heterocycles. The zero-order chi connectivity index (χ0) is 11.0. The number of hydrogen-bond donors (Lipinski definition) is 1. The van der Waals surface area contributed by atoms with E-state index >= 15 is 0 Å². The first-order valence-electron chi connectivity index (χ1n) is 5.03. The van der Waals surface area contributed by atoms with Gasteiger partial charge >= 0.3 is 0 Å². The topological polar surface area (TPSA) is 46.2 Å². The third kappa shape index (κ3) is 1.65. The molecule has 3 heteroatoms. The van der Waals surface area contributed by atoms with E-state index in [0.717, 1.165) is 23.2 Å². The number of amides is 1. The summed E-state index contributed by atoms with van der Waals surface area (Å²) in [6, 6.07) is 5.47. The van der Waals surface area contributed by atoms with Gasteiger partial charge in [-0.15, -0.1) is 0 Å². The Bertz CT molecular complexity index is 437. The van der Waals surface area contributed by atoms with Crippen molar-refractivity contribution < 1.29 is 9.59 Å². The number of benzene rings is 1. The second-order valence-electron chi connectivity index (χ2n) is 3.98. The van der Waals surface area contributed by atoms with Gasteiger partial charge in [0.2, 0.25) is 5.91 Å². The molecule has 2 rings (SSSR count). The van der Waals surface area contributed by atoms with Crippen molar-refractivity contribution in [3.8, 4) is 0 Å². The molecule has 1 unspecified atom stereocenters. The van der Waals surface area contributed by atoms with Gasteiger partial charge in [0.15, 0.2) is 5.78 Å². The van der Waals surface area contributed by atoms with E-state index in [2.05, 4.69) is 5.32 Å². The molecule has 1 atom stereocenters. The first-order chi connectivity index (χ1) is 7.09. The maximum atomic E-state index is 11.7.